The lowest BCUT2D eigenvalue weighted by Crippen LogP contribution is -2.60. The Labute approximate surface area is 117 Å². The van der Waals surface area contributed by atoms with Gasteiger partial charge in [0.1, 0.15) is 6.04 Å². The average molecular weight is 281 g/mol. The summed E-state index contributed by atoms with van der Waals surface area (Å²) in [6.07, 6.45) is 0. The summed E-state index contributed by atoms with van der Waals surface area (Å²) in [6, 6.07) is 4.91. The lowest BCUT2D eigenvalue weighted by molar-refractivity contribution is -0.131. The van der Waals surface area contributed by atoms with E-state index in [9.17, 15) is 9.59 Å². The molecule has 1 aliphatic heterocycles. The van der Waals surface area contributed by atoms with E-state index in [2.05, 4.69) is 5.32 Å². The zero-order chi connectivity index (χ0) is 14.2. The van der Waals surface area contributed by atoms with E-state index < -0.39 is 6.04 Å². The first-order valence-electron chi connectivity index (χ1n) is 6.28. The van der Waals surface area contributed by atoms with Gasteiger partial charge in [-0.25, -0.2) is 0 Å². The molecule has 1 atom stereocenters. The van der Waals surface area contributed by atoms with E-state index in [1.807, 2.05) is 26.8 Å². The Morgan fingerprint density at radius 3 is 2.68 bits per heavy atom. The number of rotatable bonds is 2. The third kappa shape index (κ3) is 2.45. The van der Waals surface area contributed by atoms with Crippen molar-refractivity contribution in [3.8, 4) is 0 Å². The van der Waals surface area contributed by atoms with Gasteiger partial charge in [0.25, 0.3) is 0 Å². The maximum absolute atomic E-state index is 12.2. The predicted molar refractivity (Wildman–Crippen MR) is 75.3 cm³/mol. The highest BCUT2D eigenvalue weighted by molar-refractivity contribution is 6.31. The Morgan fingerprint density at radius 2 is 2.05 bits per heavy atom. The fourth-order valence-electron chi connectivity index (χ4n) is 2.37. The fourth-order valence-corrected chi connectivity index (χ4v) is 2.54. The second-order valence-corrected chi connectivity index (χ2v) is 5.46. The van der Waals surface area contributed by atoms with Crippen LogP contribution in [0.15, 0.2) is 18.2 Å². The molecule has 0 radical (unpaired) electrons. The Kier molecular flexibility index (Phi) is 3.80. The molecule has 0 spiro atoms. The lowest BCUT2D eigenvalue weighted by Gasteiger charge is -2.38. The van der Waals surface area contributed by atoms with Gasteiger partial charge in [0.15, 0.2) is 0 Å². The summed E-state index contributed by atoms with van der Waals surface area (Å²) in [7, 11) is 0. The van der Waals surface area contributed by atoms with E-state index in [1.54, 1.807) is 17.0 Å². The normalized spacial score (nSPS) is 19.8. The Balaban J connectivity index is 2.51. The van der Waals surface area contributed by atoms with Crippen LogP contribution in [0.4, 0.5) is 5.69 Å². The number of hydrogen-bond donors (Lipinski definition) is 1. The largest absolute Gasteiger partial charge is 0.345 e. The molecule has 0 aliphatic carbocycles. The molecule has 1 saturated heterocycles. The maximum Gasteiger partial charge on any atom is 0.247 e. The van der Waals surface area contributed by atoms with Gasteiger partial charge in [-0.05, 0) is 30.5 Å². The Morgan fingerprint density at radius 1 is 1.37 bits per heavy atom. The van der Waals surface area contributed by atoms with Crippen LogP contribution in [0.2, 0.25) is 5.02 Å². The van der Waals surface area contributed by atoms with Crippen molar-refractivity contribution < 1.29 is 9.59 Å². The van der Waals surface area contributed by atoms with Gasteiger partial charge >= 0.3 is 0 Å². The van der Waals surface area contributed by atoms with Crippen LogP contribution in [0.5, 0.6) is 0 Å². The third-order valence-corrected chi connectivity index (χ3v) is 3.77. The van der Waals surface area contributed by atoms with E-state index in [0.717, 1.165) is 5.56 Å². The first kappa shape index (κ1) is 13.9. The number of anilines is 1. The number of amides is 2. The van der Waals surface area contributed by atoms with Crippen molar-refractivity contribution in [1.82, 2.24) is 5.32 Å². The van der Waals surface area contributed by atoms with E-state index in [1.165, 1.54) is 0 Å². The molecule has 4 nitrogen and oxygen atoms in total. The smallest absolute Gasteiger partial charge is 0.247 e. The van der Waals surface area contributed by atoms with Gasteiger partial charge in [0, 0.05) is 10.7 Å². The molecule has 1 aromatic rings. The fraction of sp³-hybridized carbons (Fsp3) is 0.429. The summed E-state index contributed by atoms with van der Waals surface area (Å²) in [4.78, 5) is 25.8. The topological polar surface area (TPSA) is 49.4 Å². The summed E-state index contributed by atoms with van der Waals surface area (Å²) >= 11 is 6.11. The van der Waals surface area contributed by atoms with Crippen LogP contribution in [0.25, 0.3) is 0 Å². The quantitative estimate of drug-likeness (QED) is 0.902. The van der Waals surface area contributed by atoms with Gasteiger partial charge in [-0.2, -0.15) is 0 Å². The summed E-state index contributed by atoms with van der Waals surface area (Å²) in [5, 5.41) is 3.23. The first-order valence-corrected chi connectivity index (χ1v) is 6.66. The average Bonchev–Trinajstić information content (AvgIpc) is 2.35. The highest BCUT2D eigenvalue weighted by Gasteiger charge is 2.38. The molecule has 2 rings (SSSR count). The molecule has 5 heteroatoms. The second-order valence-electron chi connectivity index (χ2n) is 5.05. The van der Waals surface area contributed by atoms with Gasteiger partial charge in [0.2, 0.25) is 11.8 Å². The van der Waals surface area contributed by atoms with Crippen molar-refractivity contribution >= 4 is 29.1 Å². The van der Waals surface area contributed by atoms with Crippen molar-refractivity contribution in [3.63, 3.8) is 0 Å². The van der Waals surface area contributed by atoms with Crippen LogP contribution in [-0.4, -0.2) is 24.4 Å². The summed E-state index contributed by atoms with van der Waals surface area (Å²) in [6.45, 7) is 5.74. The molecule has 1 aromatic carbocycles. The van der Waals surface area contributed by atoms with Crippen LogP contribution in [-0.2, 0) is 9.59 Å². The van der Waals surface area contributed by atoms with Gasteiger partial charge in [-0.1, -0.05) is 31.5 Å². The van der Waals surface area contributed by atoms with Crippen molar-refractivity contribution in [2.75, 3.05) is 11.4 Å². The molecule has 0 saturated carbocycles. The minimum atomic E-state index is -0.488. The molecule has 1 aliphatic rings. The van der Waals surface area contributed by atoms with Crippen molar-refractivity contribution in [2.45, 2.75) is 26.8 Å². The molecule has 102 valence electrons. The molecular formula is C14H17ClN2O2. The van der Waals surface area contributed by atoms with Crippen LogP contribution >= 0.6 is 11.6 Å². The number of nitrogens with one attached hydrogen (secondary N) is 1. The van der Waals surface area contributed by atoms with E-state index in [0.29, 0.717) is 10.7 Å². The first-order chi connectivity index (χ1) is 8.93. The zero-order valence-electron chi connectivity index (χ0n) is 11.2. The molecule has 1 unspecified atom stereocenters. The van der Waals surface area contributed by atoms with Crippen LogP contribution in [0.1, 0.15) is 19.4 Å². The summed E-state index contributed by atoms with van der Waals surface area (Å²) in [5.74, 6) is -0.194. The van der Waals surface area contributed by atoms with Gasteiger partial charge in [-0.3, -0.25) is 14.5 Å². The number of carbonyl (C=O) groups excluding carboxylic acids is 2. The molecule has 19 heavy (non-hydrogen) atoms. The molecule has 0 bridgehead atoms. The number of hydrogen-bond acceptors (Lipinski definition) is 2. The summed E-state index contributed by atoms with van der Waals surface area (Å²) in [5.41, 5.74) is 1.53. The number of piperazine rings is 1. The number of benzene rings is 1. The minimum Gasteiger partial charge on any atom is -0.345 e. The predicted octanol–water partition coefficient (Wildman–Crippen LogP) is 2.14. The highest BCUT2D eigenvalue weighted by atomic mass is 35.5. The van der Waals surface area contributed by atoms with Crippen molar-refractivity contribution in [1.29, 1.82) is 0 Å². The van der Waals surface area contributed by atoms with Gasteiger partial charge < -0.3 is 5.32 Å². The second kappa shape index (κ2) is 5.21. The van der Waals surface area contributed by atoms with E-state index in [4.69, 9.17) is 11.6 Å². The third-order valence-electron chi connectivity index (χ3n) is 3.36. The SMILES string of the molecule is Cc1c(Cl)cccc1N1C(=O)CNC(=O)C1C(C)C. The molecule has 2 amide bonds. The molecule has 0 aromatic heterocycles. The van der Waals surface area contributed by atoms with E-state index >= 15 is 0 Å². The minimum absolute atomic E-state index is 0.0302. The molecule has 1 fully saturated rings. The molecular weight excluding hydrogens is 264 g/mol. The number of carbonyl (C=O) groups is 2. The monoisotopic (exact) mass is 280 g/mol. The Hall–Kier alpha value is -1.55. The zero-order valence-corrected chi connectivity index (χ0v) is 12.0. The Bertz CT molecular complexity index is 528. The van der Waals surface area contributed by atoms with Crippen LogP contribution < -0.4 is 10.2 Å². The standard InChI is InChI=1S/C14H17ClN2O2/c1-8(2)13-14(19)16-7-12(18)17(13)11-6-4-5-10(15)9(11)3/h4-6,8,13H,7H2,1-3H3,(H,16,19). The lowest BCUT2D eigenvalue weighted by atomic mass is 9.97. The number of nitrogens with zero attached hydrogens (tertiary/aromatic N) is 1. The highest BCUT2D eigenvalue weighted by Crippen LogP contribution is 2.30. The van der Waals surface area contributed by atoms with Crippen LogP contribution in [0.3, 0.4) is 0 Å². The van der Waals surface area contributed by atoms with Crippen molar-refractivity contribution in [2.24, 2.45) is 5.92 Å². The van der Waals surface area contributed by atoms with Crippen LogP contribution in [0, 0.1) is 12.8 Å². The van der Waals surface area contributed by atoms with E-state index in [-0.39, 0.29) is 24.3 Å². The van der Waals surface area contributed by atoms with Crippen molar-refractivity contribution in [3.05, 3.63) is 28.8 Å². The molecule has 1 heterocycles. The number of halogens is 1. The van der Waals surface area contributed by atoms with Gasteiger partial charge in [0.05, 0.1) is 6.54 Å². The van der Waals surface area contributed by atoms with Gasteiger partial charge in [-0.15, -0.1) is 0 Å². The maximum atomic E-state index is 12.2. The molecule has 1 N–H and O–H groups in total. The summed E-state index contributed by atoms with van der Waals surface area (Å²) < 4.78 is 0.